The zero-order valence-electron chi connectivity index (χ0n) is 19.4. The van der Waals surface area contributed by atoms with Gasteiger partial charge in [0.25, 0.3) is 0 Å². The van der Waals surface area contributed by atoms with Crippen molar-refractivity contribution in [2.24, 2.45) is 5.41 Å². The Balaban J connectivity index is 1.25. The molecule has 1 saturated heterocycles. The predicted octanol–water partition coefficient (Wildman–Crippen LogP) is 7.00. The summed E-state index contributed by atoms with van der Waals surface area (Å²) < 4.78 is 5.86. The highest BCUT2D eigenvalue weighted by Crippen LogP contribution is 2.56. The molecule has 1 aromatic carbocycles. The Morgan fingerprint density at radius 2 is 1.80 bits per heavy atom. The van der Waals surface area contributed by atoms with Crippen LogP contribution in [0.1, 0.15) is 65.4 Å². The molecule has 2 aliphatic carbocycles. The number of aryl methyl sites for hydroxylation is 1. The lowest BCUT2D eigenvalue weighted by molar-refractivity contribution is 0.0695. The van der Waals surface area contributed by atoms with Crippen molar-refractivity contribution in [3.63, 3.8) is 0 Å². The number of aromatic nitrogens is 2. The summed E-state index contributed by atoms with van der Waals surface area (Å²) in [6.07, 6.45) is 7.66. The van der Waals surface area contributed by atoms with Crippen LogP contribution >= 0.6 is 23.2 Å². The molecule has 0 atom stereocenters. The summed E-state index contributed by atoms with van der Waals surface area (Å²) in [5.74, 6) is 1.29. The van der Waals surface area contributed by atoms with Crippen LogP contribution in [0.15, 0.2) is 40.9 Å². The molecule has 1 N–H and O–H groups in total. The van der Waals surface area contributed by atoms with Crippen LogP contribution in [0.4, 0.5) is 5.82 Å². The SMILES string of the molecule is Cc1nc(N2CCC3(C=C(c4c(-c5c(Cl)cccc5Cl)noc4C4CC4)C3)CC2)ccc1C(=O)O. The van der Waals surface area contributed by atoms with Crippen molar-refractivity contribution in [1.82, 2.24) is 10.1 Å². The summed E-state index contributed by atoms with van der Waals surface area (Å²) in [7, 11) is 0. The third-order valence-electron chi connectivity index (χ3n) is 7.59. The second kappa shape index (κ2) is 8.38. The molecule has 1 aliphatic heterocycles. The number of hydrogen-bond donors (Lipinski definition) is 1. The van der Waals surface area contributed by atoms with E-state index < -0.39 is 5.97 Å². The summed E-state index contributed by atoms with van der Waals surface area (Å²) >= 11 is 13.1. The van der Waals surface area contributed by atoms with Crippen LogP contribution in [0.25, 0.3) is 16.8 Å². The Morgan fingerprint density at radius 3 is 2.40 bits per heavy atom. The number of nitrogens with zero attached hydrogens (tertiary/aromatic N) is 3. The summed E-state index contributed by atoms with van der Waals surface area (Å²) in [4.78, 5) is 18.1. The molecule has 1 spiro atoms. The molecular weight excluding hydrogens is 485 g/mol. The van der Waals surface area contributed by atoms with E-state index in [-0.39, 0.29) is 11.0 Å². The van der Waals surface area contributed by atoms with Gasteiger partial charge in [-0.25, -0.2) is 9.78 Å². The molecule has 3 aliphatic rings. The number of anilines is 1. The Bertz CT molecular complexity index is 1350. The first-order valence-electron chi connectivity index (χ1n) is 12.0. The first kappa shape index (κ1) is 22.6. The first-order chi connectivity index (χ1) is 16.8. The van der Waals surface area contributed by atoms with E-state index in [4.69, 9.17) is 27.7 Å². The van der Waals surface area contributed by atoms with Gasteiger partial charge >= 0.3 is 5.97 Å². The number of benzene rings is 1. The maximum absolute atomic E-state index is 11.3. The normalized spacial score (nSPS) is 18.9. The molecular formula is C27H25Cl2N3O3. The van der Waals surface area contributed by atoms with Crippen molar-refractivity contribution >= 4 is 40.6 Å². The average molecular weight is 510 g/mol. The minimum Gasteiger partial charge on any atom is -0.478 e. The number of carboxylic acids is 1. The van der Waals surface area contributed by atoms with E-state index in [0.29, 0.717) is 21.7 Å². The largest absolute Gasteiger partial charge is 0.478 e. The van der Waals surface area contributed by atoms with Crippen molar-refractivity contribution < 1.29 is 14.4 Å². The summed E-state index contributed by atoms with van der Waals surface area (Å²) in [5, 5.41) is 14.9. The highest BCUT2D eigenvalue weighted by atomic mass is 35.5. The number of hydrogen-bond acceptors (Lipinski definition) is 5. The maximum atomic E-state index is 11.3. The van der Waals surface area contributed by atoms with Gasteiger partial charge in [-0.05, 0) is 74.3 Å². The molecule has 1 saturated carbocycles. The minimum atomic E-state index is -0.942. The van der Waals surface area contributed by atoms with E-state index in [0.717, 1.165) is 73.6 Å². The fourth-order valence-electron chi connectivity index (χ4n) is 5.46. The lowest BCUT2D eigenvalue weighted by atomic mass is 9.63. The molecule has 35 heavy (non-hydrogen) atoms. The monoisotopic (exact) mass is 509 g/mol. The fourth-order valence-corrected chi connectivity index (χ4v) is 6.04. The second-order valence-corrected chi connectivity index (χ2v) is 10.8. The number of aromatic carboxylic acids is 1. The van der Waals surface area contributed by atoms with Gasteiger partial charge in [-0.15, -0.1) is 0 Å². The molecule has 0 radical (unpaired) electrons. The van der Waals surface area contributed by atoms with Crippen LogP contribution in [0, 0.1) is 12.3 Å². The molecule has 6 nitrogen and oxygen atoms in total. The van der Waals surface area contributed by atoms with Gasteiger partial charge in [0.2, 0.25) is 0 Å². The Kier molecular flexibility index (Phi) is 5.42. The summed E-state index contributed by atoms with van der Waals surface area (Å²) in [6.45, 7) is 3.51. The Morgan fingerprint density at radius 1 is 1.11 bits per heavy atom. The van der Waals surface area contributed by atoms with Crippen LogP contribution in [0.3, 0.4) is 0 Å². The number of halogens is 2. The molecule has 2 fully saturated rings. The van der Waals surface area contributed by atoms with E-state index in [9.17, 15) is 9.90 Å². The molecule has 0 unspecified atom stereocenters. The highest BCUT2D eigenvalue weighted by molar-refractivity contribution is 6.39. The van der Waals surface area contributed by atoms with Gasteiger partial charge in [-0.2, -0.15) is 0 Å². The van der Waals surface area contributed by atoms with Gasteiger partial charge < -0.3 is 14.5 Å². The zero-order chi connectivity index (χ0) is 24.3. The first-order valence-corrected chi connectivity index (χ1v) is 12.7. The van der Waals surface area contributed by atoms with Gasteiger partial charge in [0.05, 0.1) is 21.3 Å². The Labute approximate surface area is 213 Å². The van der Waals surface area contributed by atoms with Crippen LogP contribution in [-0.4, -0.2) is 34.3 Å². The van der Waals surface area contributed by atoms with Crippen molar-refractivity contribution in [3.05, 3.63) is 69.0 Å². The average Bonchev–Trinajstić information content (AvgIpc) is 3.57. The van der Waals surface area contributed by atoms with Crippen LogP contribution in [-0.2, 0) is 0 Å². The Hall–Kier alpha value is -2.83. The van der Waals surface area contributed by atoms with Gasteiger partial charge in [0, 0.05) is 30.1 Å². The van der Waals surface area contributed by atoms with Crippen molar-refractivity contribution in [2.45, 2.75) is 44.9 Å². The van der Waals surface area contributed by atoms with Crippen molar-refractivity contribution in [1.29, 1.82) is 0 Å². The number of carboxylic acid groups (broad SMARTS) is 1. The third kappa shape index (κ3) is 3.93. The lowest BCUT2D eigenvalue weighted by Crippen LogP contribution is -2.42. The van der Waals surface area contributed by atoms with E-state index >= 15 is 0 Å². The number of pyridine rings is 1. The number of piperidine rings is 1. The standard InChI is InChI=1S/C27H25Cl2N3O3/c1-15-18(26(33)34)7-8-21(30-15)32-11-9-27(10-12-32)13-17(14-27)22-24(31-35-25(22)16-5-6-16)23-19(28)3-2-4-20(23)29/h2-4,7-8,13,16H,5-6,9-12,14H2,1H3,(H,33,34). The summed E-state index contributed by atoms with van der Waals surface area (Å²) in [5.41, 5.74) is 4.80. The van der Waals surface area contributed by atoms with Gasteiger partial charge in [0.1, 0.15) is 17.3 Å². The smallest absolute Gasteiger partial charge is 0.337 e. The molecule has 180 valence electrons. The van der Waals surface area contributed by atoms with Crippen molar-refractivity contribution in [2.75, 3.05) is 18.0 Å². The van der Waals surface area contributed by atoms with Crippen LogP contribution < -0.4 is 4.90 Å². The molecule has 3 heterocycles. The molecule has 6 rings (SSSR count). The van der Waals surface area contributed by atoms with Gasteiger partial charge in [-0.3, -0.25) is 0 Å². The molecule has 2 aromatic heterocycles. The minimum absolute atomic E-state index is 0.154. The molecule has 8 heteroatoms. The summed E-state index contributed by atoms with van der Waals surface area (Å²) in [6, 6.07) is 8.98. The van der Waals surface area contributed by atoms with E-state index in [1.807, 2.05) is 24.3 Å². The van der Waals surface area contributed by atoms with Gasteiger partial charge in [-0.1, -0.05) is 40.5 Å². The predicted molar refractivity (Wildman–Crippen MR) is 136 cm³/mol. The molecule has 0 amide bonds. The number of carbonyl (C=O) groups is 1. The molecule has 3 aromatic rings. The van der Waals surface area contributed by atoms with Crippen LogP contribution in [0.2, 0.25) is 10.0 Å². The third-order valence-corrected chi connectivity index (χ3v) is 8.22. The van der Waals surface area contributed by atoms with Gasteiger partial charge in [0.15, 0.2) is 0 Å². The van der Waals surface area contributed by atoms with E-state index in [2.05, 4.69) is 21.1 Å². The molecule has 0 bridgehead atoms. The quantitative estimate of drug-likeness (QED) is 0.398. The highest BCUT2D eigenvalue weighted by Gasteiger charge is 2.44. The van der Waals surface area contributed by atoms with Crippen molar-refractivity contribution in [3.8, 4) is 11.3 Å². The number of allylic oxidation sites excluding steroid dienone is 2. The van der Waals surface area contributed by atoms with E-state index in [1.54, 1.807) is 13.0 Å². The lowest BCUT2D eigenvalue weighted by Gasteiger charge is -2.46. The second-order valence-electron chi connectivity index (χ2n) is 9.94. The maximum Gasteiger partial charge on any atom is 0.337 e. The van der Waals surface area contributed by atoms with Crippen LogP contribution in [0.5, 0.6) is 0 Å². The van der Waals surface area contributed by atoms with E-state index in [1.165, 1.54) is 5.57 Å². The fraction of sp³-hybridized carbons (Fsp3) is 0.370. The number of rotatable bonds is 5. The topological polar surface area (TPSA) is 79.5 Å². The zero-order valence-corrected chi connectivity index (χ0v) is 20.9.